The number of rotatable bonds is 3. The van der Waals surface area contributed by atoms with Crippen molar-refractivity contribution in [2.45, 2.75) is 32.7 Å². The molecule has 1 rings (SSSR count). The van der Waals surface area contributed by atoms with Crippen LogP contribution in [0.4, 0.5) is 0 Å². The van der Waals surface area contributed by atoms with E-state index in [1.54, 1.807) is 0 Å². The van der Waals surface area contributed by atoms with Crippen molar-refractivity contribution < 1.29 is 9.53 Å². The Morgan fingerprint density at radius 2 is 2.42 bits per heavy atom. The molecule has 1 saturated heterocycles. The molecule has 1 unspecified atom stereocenters. The highest BCUT2D eigenvalue weighted by molar-refractivity contribution is 5.78. The van der Waals surface area contributed by atoms with Crippen molar-refractivity contribution >= 4 is 5.91 Å². The average Bonchev–Trinajstić information content (AvgIpc) is 2.01. The van der Waals surface area contributed by atoms with Crippen LogP contribution in [0.15, 0.2) is 0 Å². The monoisotopic (exact) mass is 171 g/mol. The van der Waals surface area contributed by atoms with Gasteiger partial charge in [0.25, 0.3) is 0 Å². The second-order valence-corrected chi connectivity index (χ2v) is 3.75. The summed E-state index contributed by atoms with van der Waals surface area (Å²) < 4.78 is 5.11. The first-order chi connectivity index (χ1) is 5.68. The Bertz CT molecular complexity index is 157. The third-order valence-electron chi connectivity index (χ3n) is 2.01. The molecule has 1 heterocycles. The number of nitrogens with one attached hydrogen (secondary N) is 1. The minimum atomic E-state index is 0.0232. The van der Waals surface area contributed by atoms with Crippen LogP contribution in [0.3, 0.4) is 0 Å². The molecule has 1 aliphatic heterocycles. The molecule has 0 radical (unpaired) electrons. The van der Waals surface area contributed by atoms with Crippen molar-refractivity contribution in [3.8, 4) is 0 Å². The molecule has 0 spiro atoms. The number of hydrogen-bond acceptors (Lipinski definition) is 2. The van der Waals surface area contributed by atoms with Crippen molar-refractivity contribution in [1.29, 1.82) is 0 Å². The third-order valence-corrected chi connectivity index (χ3v) is 2.01. The minimum absolute atomic E-state index is 0.0232. The van der Waals surface area contributed by atoms with E-state index in [1.165, 1.54) is 0 Å². The zero-order chi connectivity index (χ0) is 8.97. The molecule has 1 aliphatic rings. The van der Waals surface area contributed by atoms with E-state index in [0.29, 0.717) is 12.5 Å². The van der Waals surface area contributed by atoms with Crippen LogP contribution in [0.5, 0.6) is 0 Å². The highest BCUT2D eigenvalue weighted by atomic mass is 16.5. The van der Waals surface area contributed by atoms with E-state index >= 15 is 0 Å². The van der Waals surface area contributed by atoms with Crippen LogP contribution in [-0.2, 0) is 9.53 Å². The fourth-order valence-electron chi connectivity index (χ4n) is 1.29. The first-order valence-corrected chi connectivity index (χ1v) is 4.55. The van der Waals surface area contributed by atoms with Gasteiger partial charge in [0, 0.05) is 0 Å². The Morgan fingerprint density at radius 1 is 1.67 bits per heavy atom. The van der Waals surface area contributed by atoms with Crippen molar-refractivity contribution in [2.75, 3.05) is 13.2 Å². The molecule has 12 heavy (non-hydrogen) atoms. The van der Waals surface area contributed by atoms with Crippen LogP contribution in [0.1, 0.15) is 26.7 Å². The molecule has 3 nitrogen and oxygen atoms in total. The summed E-state index contributed by atoms with van der Waals surface area (Å²) in [5.74, 6) is 0.721. The van der Waals surface area contributed by atoms with Crippen molar-refractivity contribution in [3.05, 3.63) is 0 Å². The topological polar surface area (TPSA) is 38.3 Å². The fraction of sp³-hybridized carbons (Fsp3) is 0.889. The normalized spacial score (nSPS) is 24.2. The van der Waals surface area contributed by atoms with Crippen LogP contribution < -0.4 is 5.32 Å². The molecule has 1 atom stereocenters. The molecule has 1 N–H and O–H groups in total. The van der Waals surface area contributed by atoms with Gasteiger partial charge in [-0.15, -0.1) is 0 Å². The van der Waals surface area contributed by atoms with E-state index in [1.807, 2.05) is 0 Å². The lowest BCUT2D eigenvalue weighted by molar-refractivity contribution is -0.131. The van der Waals surface area contributed by atoms with Crippen molar-refractivity contribution in [2.24, 2.45) is 5.92 Å². The molecule has 0 aliphatic carbocycles. The smallest absolute Gasteiger partial charge is 0.246 e. The van der Waals surface area contributed by atoms with Gasteiger partial charge in [0.2, 0.25) is 5.91 Å². The quantitative estimate of drug-likeness (QED) is 0.686. The summed E-state index contributed by atoms with van der Waals surface area (Å²) in [5.41, 5.74) is 0. The fourth-order valence-corrected chi connectivity index (χ4v) is 1.29. The van der Waals surface area contributed by atoms with Crippen LogP contribution in [0.25, 0.3) is 0 Å². The van der Waals surface area contributed by atoms with Gasteiger partial charge in [-0.25, -0.2) is 0 Å². The highest BCUT2D eigenvalue weighted by Gasteiger charge is 2.18. The van der Waals surface area contributed by atoms with Gasteiger partial charge in [0.05, 0.1) is 12.6 Å². The minimum Gasteiger partial charge on any atom is -0.370 e. The molecule has 0 saturated carbocycles. The summed E-state index contributed by atoms with van der Waals surface area (Å²) >= 11 is 0. The van der Waals surface area contributed by atoms with E-state index < -0.39 is 0 Å². The zero-order valence-corrected chi connectivity index (χ0v) is 7.80. The van der Waals surface area contributed by atoms with Gasteiger partial charge in [-0.1, -0.05) is 13.8 Å². The molecular formula is C9H17NO2. The van der Waals surface area contributed by atoms with Gasteiger partial charge >= 0.3 is 0 Å². The number of amides is 1. The number of ether oxygens (including phenoxy) is 1. The Labute approximate surface area is 73.5 Å². The van der Waals surface area contributed by atoms with Crippen LogP contribution in [0, 0.1) is 5.92 Å². The average molecular weight is 171 g/mol. The summed E-state index contributed by atoms with van der Waals surface area (Å²) in [5, 5.41) is 2.91. The molecular weight excluding hydrogens is 154 g/mol. The first kappa shape index (κ1) is 9.52. The summed E-state index contributed by atoms with van der Waals surface area (Å²) in [6.07, 6.45) is 2.18. The standard InChI is InChI=1S/C9H17NO2/c1-7(2)3-4-8-5-12-6-9(11)10-8/h7-8H,3-6H2,1-2H3,(H,10,11). The SMILES string of the molecule is CC(C)CCC1COCC(=O)N1. The first-order valence-electron chi connectivity index (χ1n) is 4.55. The molecule has 0 aromatic rings. The second-order valence-electron chi connectivity index (χ2n) is 3.75. The van der Waals surface area contributed by atoms with Crippen LogP contribution in [-0.4, -0.2) is 25.2 Å². The molecule has 3 heteroatoms. The summed E-state index contributed by atoms with van der Waals surface area (Å²) in [4.78, 5) is 10.9. The van der Waals surface area contributed by atoms with Gasteiger partial charge < -0.3 is 10.1 Å². The van der Waals surface area contributed by atoms with Crippen LogP contribution >= 0.6 is 0 Å². The predicted molar refractivity (Wildman–Crippen MR) is 46.8 cm³/mol. The number of morpholine rings is 1. The summed E-state index contributed by atoms with van der Waals surface area (Å²) in [7, 11) is 0. The Kier molecular flexibility index (Phi) is 3.53. The van der Waals surface area contributed by atoms with Gasteiger partial charge in [-0.3, -0.25) is 4.79 Å². The Balaban J connectivity index is 2.18. The van der Waals surface area contributed by atoms with Crippen LogP contribution in [0.2, 0.25) is 0 Å². The number of hydrogen-bond donors (Lipinski definition) is 1. The Morgan fingerprint density at radius 3 is 3.00 bits per heavy atom. The molecule has 1 amide bonds. The second kappa shape index (κ2) is 4.45. The van der Waals surface area contributed by atoms with Crippen molar-refractivity contribution in [1.82, 2.24) is 5.32 Å². The highest BCUT2D eigenvalue weighted by Crippen LogP contribution is 2.08. The van der Waals surface area contributed by atoms with Gasteiger partial charge in [-0.2, -0.15) is 0 Å². The maximum absolute atomic E-state index is 10.9. The molecule has 0 bridgehead atoms. The van der Waals surface area contributed by atoms with Gasteiger partial charge in [0.15, 0.2) is 0 Å². The molecule has 0 aromatic heterocycles. The van der Waals surface area contributed by atoms with Gasteiger partial charge in [0.1, 0.15) is 6.61 Å². The largest absolute Gasteiger partial charge is 0.370 e. The number of carbonyl (C=O) groups is 1. The molecule has 70 valence electrons. The van der Waals surface area contributed by atoms with E-state index in [0.717, 1.165) is 12.8 Å². The summed E-state index contributed by atoms with van der Waals surface area (Å²) in [6.45, 7) is 5.29. The van der Waals surface area contributed by atoms with E-state index in [-0.39, 0.29) is 18.6 Å². The van der Waals surface area contributed by atoms with E-state index in [9.17, 15) is 4.79 Å². The third kappa shape index (κ3) is 3.22. The van der Waals surface area contributed by atoms with E-state index in [2.05, 4.69) is 19.2 Å². The lowest BCUT2D eigenvalue weighted by atomic mass is 10.0. The number of carbonyl (C=O) groups excluding carboxylic acids is 1. The zero-order valence-electron chi connectivity index (χ0n) is 7.80. The predicted octanol–water partition coefficient (Wildman–Crippen LogP) is 0.938. The van der Waals surface area contributed by atoms with E-state index in [4.69, 9.17) is 4.74 Å². The van der Waals surface area contributed by atoms with Gasteiger partial charge in [-0.05, 0) is 18.8 Å². The maximum atomic E-state index is 10.9. The lowest BCUT2D eigenvalue weighted by Gasteiger charge is -2.23. The maximum Gasteiger partial charge on any atom is 0.246 e. The summed E-state index contributed by atoms with van der Waals surface area (Å²) in [6, 6.07) is 0.244. The molecule has 0 aromatic carbocycles. The molecule has 1 fully saturated rings. The van der Waals surface area contributed by atoms with Crippen molar-refractivity contribution in [3.63, 3.8) is 0 Å². The lowest BCUT2D eigenvalue weighted by Crippen LogP contribution is -2.45. The Hall–Kier alpha value is -0.570.